The summed E-state index contributed by atoms with van der Waals surface area (Å²) in [5.74, 6) is 0. The molecule has 0 aromatic rings. The third-order valence-corrected chi connectivity index (χ3v) is 3.17. The molecule has 84 valence electrons. The average Bonchev–Trinajstić information content (AvgIpc) is 2.51. The molecule has 1 aliphatic carbocycles. The summed E-state index contributed by atoms with van der Waals surface area (Å²) in [4.78, 5) is 0. The molecule has 0 aliphatic heterocycles. The van der Waals surface area contributed by atoms with E-state index in [4.69, 9.17) is 0 Å². The third-order valence-electron chi connectivity index (χ3n) is 3.17. The second kappa shape index (κ2) is 5.72. The molecular formula is C12H26N2. The highest BCUT2D eigenvalue weighted by Gasteiger charge is 2.27. The van der Waals surface area contributed by atoms with E-state index in [-0.39, 0.29) is 0 Å². The fourth-order valence-corrected chi connectivity index (χ4v) is 2.20. The molecule has 0 heterocycles. The van der Waals surface area contributed by atoms with Gasteiger partial charge in [-0.3, -0.25) is 0 Å². The van der Waals surface area contributed by atoms with Gasteiger partial charge in [-0.25, -0.2) is 0 Å². The van der Waals surface area contributed by atoms with Gasteiger partial charge in [0.25, 0.3) is 0 Å². The third kappa shape index (κ3) is 4.43. The van der Waals surface area contributed by atoms with E-state index in [1.807, 2.05) is 0 Å². The Morgan fingerprint density at radius 3 is 2.36 bits per heavy atom. The van der Waals surface area contributed by atoms with Crippen LogP contribution in [0.25, 0.3) is 0 Å². The van der Waals surface area contributed by atoms with Crippen molar-refractivity contribution in [2.45, 2.75) is 64.5 Å². The van der Waals surface area contributed by atoms with E-state index in [2.05, 4.69) is 31.4 Å². The number of nitrogens with one attached hydrogen (secondary N) is 2. The Balaban J connectivity index is 1.98. The molecule has 0 bridgehead atoms. The maximum Gasteiger partial charge on any atom is 0.0153 e. The van der Waals surface area contributed by atoms with Crippen molar-refractivity contribution >= 4 is 0 Å². The molecule has 2 heteroatoms. The first-order valence-corrected chi connectivity index (χ1v) is 6.11. The van der Waals surface area contributed by atoms with Crippen LogP contribution in [0.1, 0.15) is 52.9 Å². The van der Waals surface area contributed by atoms with Crippen molar-refractivity contribution in [1.82, 2.24) is 10.6 Å². The lowest BCUT2D eigenvalue weighted by Gasteiger charge is -2.25. The SMILES string of the molecule is CC(C)NCCCNC1(C)CCCC1. The number of hydrogen-bond donors (Lipinski definition) is 2. The maximum atomic E-state index is 3.69. The van der Waals surface area contributed by atoms with Crippen molar-refractivity contribution in [3.63, 3.8) is 0 Å². The summed E-state index contributed by atoms with van der Waals surface area (Å²) in [6.07, 6.45) is 6.80. The molecule has 14 heavy (non-hydrogen) atoms. The normalized spacial score (nSPS) is 20.6. The van der Waals surface area contributed by atoms with E-state index in [9.17, 15) is 0 Å². The molecule has 0 amide bonds. The largest absolute Gasteiger partial charge is 0.314 e. The van der Waals surface area contributed by atoms with Crippen LogP contribution < -0.4 is 10.6 Å². The summed E-state index contributed by atoms with van der Waals surface area (Å²) in [6.45, 7) is 9.07. The maximum absolute atomic E-state index is 3.69. The van der Waals surface area contributed by atoms with Crippen LogP contribution in [0.5, 0.6) is 0 Å². The van der Waals surface area contributed by atoms with Crippen molar-refractivity contribution in [2.24, 2.45) is 0 Å². The Kier molecular flexibility index (Phi) is 4.90. The Hall–Kier alpha value is -0.0800. The van der Waals surface area contributed by atoms with Crippen molar-refractivity contribution in [3.05, 3.63) is 0 Å². The lowest BCUT2D eigenvalue weighted by atomic mass is 10.0. The first-order chi connectivity index (χ1) is 6.62. The molecule has 2 N–H and O–H groups in total. The van der Waals surface area contributed by atoms with Crippen LogP contribution in [0.4, 0.5) is 0 Å². The van der Waals surface area contributed by atoms with Crippen LogP contribution in [0.2, 0.25) is 0 Å². The smallest absolute Gasteiger partial charge is 0.0153 e. The van der Waals surface area contributed by atoms with Gasteiger partial charge in [0.05, 0.1) is 0 Å². The molecule has 0 unspecified atom stereocenters. The Morgan fingerprint density at radius 2 is 1.79 bits per heavy atom. The fraction of sp³-hybridized carbons (Fsp3) is 1.00. The average molecular weight is 198 g/mol. The van der Waals surface area contributed by atoms with Crippen LogP contribution in [-0.4, -0.2) is 24.7 Å². The van der Waals surface area contributed by atoms with E-state index in [1.54, 1.807) is 0 Å². The lowest BCUT2D eigenvalue weighted by Crippen LogP contribution is -2.40. The molecule has 0 spiro atoms. The predicted molar refractivity (Wildman–Crippen MR) is 62.6 cm³/mol. The van der Waals surface area contributed by atoms with Gasteiger partial charge >= 0.3 is 0 Å². The monoisotopic (exact) mass is 198 g/mol. The fourth-order valence-electron chi connectivity index (χ4n) is 2.20. The van der Waals surface area contributed by atoms with Gasteiger partial charge < -0.3 is 10.6 Å². The Labute approximate surface area is 88.8 Å². The van der Waals surface area contributed by atoms with Crippen molar-refractivity contribution in [3.8, 4) is 0 Å². The lowest BCUT2D eigenvalue weighted by molar-refractivity contribution is 0.360. The minimum absolute atomic E-state index is 0.456. The molecule has 0 saturated heterocycles. The molecule has 1 aliphatic rings. The van der Waals surface area contributed by atoms with Gasteiger partial charge in [0, 0.05) is 11.6 Å². The summed E-state index contributed by atoms with van der Waals surface area (Å²) in [6, 6.07) is 0.622. The summed E-state index contributed by atoms with van der Waals surface area (Å²) < 4.78 is 0. The molecule has 0 aromatic carbocycles. The van der Waals surface area contributed by atoms with Crippen LogP contribution in [-0.2, 0) is 0 Å². The highest BCUT2D eigenvalue weighted by molar-refractivity contribution is 4.87. The first kappa shape index (κ1) is 12.0. The number of hydrogen-bond acceptors (Lipinski definition) is 2. The molecule has 1 saturated carbocycles. The van der Waals surface area contributed by atoms with E-state index in [1.165, 1.54) is 32.1 Å². The van der Waals surface area contributed by atoms with E-state index >= 15 is 0 Å². The highest BCUT2D eigenvalue weighted by Crippen LogP contribution is 2.28. The standard InChI is InChI=1S/C12H26N2/c1-11(2)13-9-6-10-14-12(3)7-4-5-8-12/h11,13-14H,4-10H2,1-3H3. The predicted octanol–water partition coefficient (Wildman–Crippen LogP) is 2.30. The second-order valence-electron chi connectivity index (χ2n) is 5.16. The summed E-state index contributed by atoms with van der Waals surface area (Å²) in [7, 11) is 0. The van der Waals surface area contributed by atoms with Crippen LogP contribution in [0, 0.1) is 0 Å². The topological polar surface area (TPSA) is 24.1 Å². The molecule has 0 atom stereocenters. The van der Waals surface area contributed by atoms with Gasteiger partial charge in [-0.1, -0.05) is 26.7 Å². The molecule has 0 aromatic heterocycles. The Bertz CT molecular complexity index is 148. The van der Waals surface area contributed by atoms with Crippen LogP contribution >= 0.6 is 0 Å². The second-order valence-corrected chi connectivity index (χ2v) is 5.16. The molecule has 0 radical (unpaired) electrons. The van der Waals surface area contributed by atoms with Gasteiger partial charge in [0.15, 0.2) is 0 Å². The zero-order valence-corrected chi connectivity index (χ0v) is 10.0. The van der Waals surface area contributed by atoms with E-state index < -0.39 is 0 Å². The minimum Gasteiger partial charge on any atom is -0.314 e. The van der Waals surface area contributed by atoms with E-state index in [0.29, 0.717) is 11.6 Å². The van der Waals surface area contributed by atoms with Gasteiger partial charge in [-0.2, -0.15) is 0 Å². The summed E-state index contributed by atoms with van der Waals surface area (Å²) in [5.41, 5.74) is 0.456. The Morgan fingerprint density at radius 1 is 1.14 bits per heavy atom. The molecule has 1 rings (SSSR count). The van der Waals surface area contributed by atoms with Crippen LogP contribution in [0.15, 0.2) is 0 Å². The van der Waals surface area contributed by atoms with Gasteiger partial charge in [0.1, 0.15) is 0 Å². The van der Waals surface area contributed by atoms with Gasteiger partial charge in [0.2, 0.25) is 0 Å². The summed E-state index contributed by atoms with van der Waals surface area (Å²) >= 11 is 0. The summed E-state index contributed by atoms with van der Waals surface area (Å²) in [5, 5.41) is 7.14. The van der Waals surface area contributed by atoms with Gasteiger partial charge in [-0.15, -0.1) is 0 Å². The van der Waals surface area contributed by atoms with Crippen molar-refractivity contribution in [2.75, 3.05) is 13.1 Å². The molecular weight excluding hydrogens is 172 g/mol. The zero-order chi connectivity index (χ0) is 10.4. The van der Waals surface area contributed by atoms with Gasteiger partial charge in [-0.05, 0) is 39.3 Å². The number of rotatable bonds is 6. The zero-order valence-electron chi connectivity index (χ0n) is 10.0. The molecule has 1 fully saturated rings. The quantitative estimate of drug-likeness (QED) is 0.640. The van der Waals surface area contributed by atoms with Crippen molar-refractivity contribution in [1.29, 1.82) is 0 Å². The first-order valence-electron chi connectivity index (χ1n) is 6.11. The van der Waals surface area contributed by atoms with Crippen LogP contribution in [0.3, 0.4) is 0 Å². The van der Waals surface area contributed by atoms with E-state index in [0.717, 1.165) is 13.1 Å². The highest BCUT2D eigenvalue weighted by atomic mass is 15.0. The van der Waals surface area contributed by atoms with Crippen molar-refractivity contribution < 1.29 is 0 Å². The molecule has 2 nitrogen and oxygen atoms in total. The minimum atomic E-state index is 0.456.